The molecule has 0 spiro atoms. The van der Waals surface area contributed by atoms with Gasteiger partial charge in [-0.3, -0.25) is 4.79 Å². The molecule has 2 N–H and O–H groups in total. The highest BCUT2D eigenvalue weighted by Gasteiger charge is 2.11. The van der Waals surface area contributed by atoms with Gasteiger partial charge >= 0.3 is 0 Å². The van der Waals surface area contributed by atoms with Gasteiger partial charge in [0.1, 0.15) is 6.54 Å². The second-order valence-corrected chi connectivity index (χ2v) is 4.93. The maximum atomic E-state index is 12.1. The van der Waals surface area contributed by atoms with Gasteiger partial charge in [-0.25, -0.2) is 4.68 Å². The maximum absolute atomic E-state index is 12.1. The van der Waals surface area contributed by atoms with Gasteiger partial charge in [0.15, 0.2) is 0 Å². The number of hydrogen-bond acceptors (Lipinski definition) is 4. The van der Waals surface area contributed by atoms with Gasteiger partial charge in [0.25, 0.3) is 0 Å². The van der Waals surface area contributed by atoms with Crippen molar-refractivity contribution < 1.29 is 4.79 Å². The van der Waals surface area contributed by atoms with Gasteiger partial charge in [0.2, 0.25) is 5.91 Å². The molecule has 1 aromatic heterocycles. The smallest absolute Gasteiger partial charge is 0.244 e. The minimum Gasteiger partial charge on any atom is -0.340 e. The first-order chi connectivity index (χ1) is 9.58. The zero-order valence-electron chi connectivity index (χ0n) is 11.2. The molecule has 0 saturated carbocycles. The Hall–Kier alpha value is -1.92. The van der Waals surface area contributed by atoms with Crippen molar-refractivity contribution in [1.29, 1.82) is 0 Å². The molecule has 1 heterocycles. The summed E-state index contributed by atoms with van der Waals surface area (Å²) in [6.07, 6.45) is 1.67. The number of amides is 1. The van der Waals surface area contributed by atoms with Crippen LogP contribution in [0.4, 0.5) is 0 Å². The summed E-state index contributed by atoms with van der Waals surface area (Å²) in [5.41, 5.74) is 7.09. The van der Waals surface area contributed by atoms with Crippen molar-refractivity contribution in [3.05, 3.63) is 46.7 Å². The average molecular weight is 294 g/mol. The lowest BCUT2D eigenvalue weighted by Gasteiger charge is -2.17. The number of hydrogen-bond donors (Lipinski definition) is 1. The fraction of sp³-hybridized carbons (Fsp3) is 0.308. The Kier molecular flexibility index (Phi) is 4.70. The quantitative estimate of drug-likeness (QED) is 0.894. The zero-order chi connectivity index (χ0) is 14.5. The molecule has 20 heavy (non-hydrogen) atoms. The molecule has 0 aliphatic heterocycles. The molecule has 0 unspecified atom stereocenters. The van der Waals surface area contributed by atoms with Crippen molar-refractivity contribution in [3.8, 4) is 0 Å². The standard InChI is InChI=1S/C13H16ClN5O/c1-18(7-10-3-2-4-11(14)5-10)13(20)9-19-8-12(6-15)16-17-19/h2-5,8H,6-7,9,15H2,1H3. The van der Waals surface area contributed by atoms with E-state index in [1.54, 1.807) is 24.2 Å². The van der Waals surface area contributed by atoms with Gasteiger partial charge in [-0.2, -0.15) is 0 Å². The van der Waals surface area contributed by atoms with E-state index in [-0.39, 0.29) is 12.5 Å². The molecule has 6 nitrogen and oxygen atoms in total. The summed E-state index contributed by atoms with van der Waals surface area (Å²) in [7, 11) is 1.74. The Balaban J connectivity index is 1.95. The second kappa shape index (κ2) is 6.49. The van der Waals surface area contributed by atoms with Crippen molar-refractivity contribution in [1.82, 2.24) is 19.9 Å². The molecular weight excluding hydrogens is 278 g/mol. The summed E-state index contributed by atoms with van der Waals surface area (Å²) in [6.45, 7) is 0.953. The predicted octanol–water partition coefficient (Wildman–Crippen LogP) is 1.05. The lowest BCUT2D eigenvalue weighted by Crippen LogP contribution is -2.30. The fourth-order valence-electron chi connectivity index (χ4n) is 1.77. The third-order valence-corrected chi connectivity index (χ3v) is 3.06. The van der Waals surface area contributed by atoms with Crippen LogP contribution >= 0.6 is 11.6 Å². The Morgan fingerprint density at radius 1 is 1.50 bits per heavy atom. The van der Waals surface area contributed by atoms with Crippen molar-refractivity contribution >= 4 is 17.5 Å². The van der Waals surface area contributed by atoms with E-state index in [4.69, 9.17) is 17.3 Å². The largest absolute Gasteiger partial charge is 0.340 e. The van der Waals surface area contributed by atoms with Crippen LogP contribution in [0.1, 0.15) is 11.3 Å². The van der Waals surface area contributed by atoms with Gasteiger partial charge in [-0.15, -0.1) is 5.10 Å². The van der Waals surface area contributed by atoms with E-state index in [1.807, 2.05) is 18.2 Å². The molecule has 7 heteroatoms. The van der Waals surface area contributed by atoms with E-state index in [9.17, 15) is 4.79 Å². The maximum Gasteiger partial charge on any atom is 0.244 e. The molecule has 0 aliphatic carbocycles. The number of likely N-dealkylation sites (N-methyl/N-ethyl adjacent to an activating group) is 1. The molecule has 2 aromatic rings. The van der Waals surface area contributed by atoms with Crippen LogP contribution in [0.15, 0.2) is 30.5 Å². The zero-order valence-corrected chi connectivity index (χ0v) is 11.9. The SMILES string of the molecule is CN(Cc1cccc(Cl)c1)C(=O)Cn1cc(CN)nn1. The minimum absolute atomic E-state index is 0.0570. The molecule has 2 rings (SSSR count). The van der Waals surface area contributed by atoms with Crippen molar-refractivity contribution in [2.75, 3.05) is 7.05 Å². The molecule has 1 aromatic carbocycles. The summed E-state index contributed by atoms with van der Waals surface area (Å²) in [5, 5.41) is 8.35. The number of carbonyl (C=O) groups excluding carboxylic acids is 1. The van der Waals surface area contributed by atoms with Crippen LogP contribution < -0.4 is 5.73 Å². The molecule has 0 radical (unpaired) electrons. The van der Waals surface area contributed by atoms with Crippen molar-refractivity contribution in [2.45, 2.75) is 19.6 Å². The number of halogens is 1. The van der Waals surface area contributed by atoms with Crippen LogP contribution in [0.25, 0.3) is 0 Å². The summed E-state index contributed by atoms with van der Waals surface area (Å²) < 4.78 is 1.49. The molecule has 1 amide bonds. The average Bonchev–Trinajstić information content (AvgIpc) is 2.86. The van der Waals surface area contributed by atoms with Crippen LogP contribution in [-0.2, 0) is 24.4 Å². The Labute approximate surface area is 122 Å². The highest BCUT2D eigenvalue weighted by molar-refractivity contribution is 6.30. The molecular formula is C13H16ClN5O. The Morgan fingerprint density at radius 3 is 2.95 bits per heavy atom. The van der Waals surface area contributed by atoms with E-state index in [0.717, 1.165) is 5.56 Å². The summed E-state index contributed by atoms with van der Waals surface area (Å²) >= 11 is 5.92. The van der Waals surface area contributed by atoms with Gasteiger partial charge in [-0.1, -0.05) is 28.9 Å². The normalized spacial score (nSPS) is 10.6. The fourth-order valence-corrected chi connectivity index (χ4v) is 1.98. The molecule has 0 fully saturated rings. The van der Waals surface area contributed by atoms with Crippen LogP contribution in [-0.4, -0.2) is 32.8 Å². The van der Waals surface area contributed by atoms with Crippen LogP contribution in [0.3, 0.4) is 0 Å². The highest BCUT2D eigenvalue weighted by Crippen LogP contribution is 2.12. The van der Waals surface area contributed by atoms with E-state index >= 15 is 0 Å². The second-order valence-electron chi connectivity index (χ2n) is 4.49. The van der Waals surface area contributed by atoms with E-state index in [1.165, 1.54) is 4.68 Å². The van der Waals surface area contributed by atoms with E-state index in [0.29, 0.717) is 23.8 Å². The van der Waals surface area contributed by atoms with E-state index in [2.05, 4.69) is 10.3 Å². The predicted molar refractivity (Wildman–Crippen MR) is 75.8 cm³/mol. The number of carbonyl (C=O) groups is 1. The number of nitrogens with zero attached hydrogens (tertiary/aromatic N) is 4. The summed E-state index contributed by atoms with van der Waals surface area (Å²) in [4.78, 5) is 13.7. The summed E-state index contributed by atoms with van der Waals surface area (Å²) in [5.74, 6) is -0.0570. The molecule has 0 saturated heterocycles. The molecule has 0 aliphatic rings. The van der Waals surface area contributed by atoms with E-state index < -0.39 is 0 Å². The Bertz CT molecular complexity index is 598. The lowest BCUT2D eigenvalue weighted by molar-refractivity contribution is -0.131. The van der Waals surface area contributed by atoms with Gasteiger partial charge in [0, 0.05) is 25.2 Å². The minimum atomic E-state index is -0.0570. The van der Waals surface area contributed by atoms with Crippen LogP contribution in [0, 0.1) is 0 Å². The number of benzene rings is 1. The van der Waals surface area contributed by atoms with Gasteiger partial charge < -0.3 is 10.6 Å². The first-order valence-corrected chi connectivity index (χ1v) is 6.54. The number of aromatic nitrogens is 3. The van der Waals surface area contributed by atoms with Crippen molar-refractivity contribution in [3.63, 3.8) is 0 Å². The van der Waals surface area contributed by atoms with Crippen molar-refractivity contribution in [2.24, 2.45) is 5.73 Å². The molecule has 106 valence electrons. The number of rotatable bonds is 5. The summed E-state index contributed by atoms with van der Waals surface area (Å²) in [6, 6.07) is 7.43. The molecule has 0 atom stereocenters. The first-order valence-electron chi connectivity index (χ1n) is 6.16. The van der Waals surface area contributed by atoms with Crippen LogP contribution in [0.5, 0.6) is 0 Å². The number of nitrogens with two attached hydrogens (primary N) is 1. The highest BCUT2D eigenvalue weighted by atomic mass is 35.5. The third-order valence-electron chi connectivity index (χ3n) is 2.83. The topological polar surface area (TPSA) is 77.0 Å². The first kappa shape index (κ1) is 14.5. The lowest BCUT2D eigenvalue weighted by atomic mass is 10.2. The third kappa shape index (κ3) is 3.79. The molecule has 0 bridgehead atoms. The van der Waals surface area contributed by atoms with Gasteiger partial charge in [0.05, 0.1) is 11.9 Å². The Morgan fingerprint density at radius 2 is 2.30 bits per heavy atom. The van der Waals surface area contributed by atoms with Crippen LogP contribution in [0.2, 0.25) is 5.02 Å². The van der Waals surface area contributed by atoms with Gasteiger partial charge in [-0.05, 0) is 17.7 Å². The monoisotopic (exact) mass is 293 g/mol.